The maximum Gasteiger partial charge on any atom is 0.242 e. The highest BCUT2D eigenvalue weighted by Gasteiger charge is 2.45. The zero-order chi connectivity index (χ0) is 19.9. The van der Waals surface area contributed by atoms with E-state index in [-0.39, 0.29) is 29.4 Å². The summed E-state index contributed by atoms with van der Waals surface area (Å²) in [5.74, 6) is 0.954. The average molecular weight is 372 g/mol. The predicted octanol–water partition coefficient (Wildman–Crippen LogP) is 3.14. The summed E-state index contributed by atoms with van der Waals surface area (Å²) in [6.07, 6.45) is 1.39. The normalized spacial score (nSPS) is 22.2. The van der Waals surface area contributed by atoms with Crippen LogP contribution < -0.4 is 9.47 Å². The van der Waals surface area contributed by atoms with Crippen molar-refractivity contribution in [1.29, 1.82) is 0 Å². The molecule has 1 amide bonds. The first-order valence-corrected chi connectivity index (χ1v) is 9.17. The van der Waals surface area contributed by atoms with Gasteiger partial charge in [0, 0.05) is 49.7 Å². The third-order valence-corrected chi connectivity index (χ3v) is 5.32. The highest BCUT2D eigenvalue weighted by molar-refractivity contribution is 6.02. The lowest BCUT2D eigenvalue weighted by atomic mass is 9.69. The Bertz CT molecular complexity index is 810. The Morgan fingerprint density at radius 3 is 2.41 bits per heavy atom. The van der Waals surface area contributed by atoms with Crippen molar-refractivity contribution in [1.82, 2.24) is 10.0 Å². The quantitative estimate of drug-likeness (QED) is 0.813. The van der Waals surface area contributed by atoms with E-state index in [2.05, 4.69) is 13.8 Å². The van der Waals surface area contributed by atoms with Gasteiger partial charge in [-0.2, -0.15) is 0 Å². The second-order valence-electron chi connectivity index (χ2n) is 8.19. The van der Waals surface area contributed by atoms with Crippen LogP contribution in [-0.4, -0.2) is 50.0 Å². The van der Waals surface area contributed by atoms with E-state index >= 15 is 0 Å². The summed E-state index contributed by atoms with van der Waals surface area (Å²) < 4.78 is 11.0. The summed E-state index contributed by atoms with van der Waals surface area (Å²) >= 11 is 0. The van der Waals surface area contributed by atoms with E-state index in [1.165, 1.54) is 0 Å². The van der Waals surface area contributed by atoms with Gasteiger partial charge in [0.2, 0.25) is 5.91 Å². The largest absolute Gasteiger partial charge is 0.493 e. The van der Waals surface area contributed by atoms with Crippen molar-refractivity contribution >= 4 is 11.7 Å². The Kier molecular flexibility index (Phi) is 5.04. The van der Waals surface area contributed by atoms with Crippen molar-refractivity contribution in [2.24, 2.45) is 5.41 Å². The molecular weight excluding hydrogens is 344 g/mol. The highest BCUT2D eigenvalue weighted by atomic mass is 16.5. The molecule has 2 aliphatic rings. The number of rotatable bonds is 4. The van der Waals surface area contributed by atoms with Crippen LogP contribution in [0.15, 0.2) is 29.5 Å². The standard InChI is InChI=1S/C21H28N2O4/c1-21(2)11-15-19(16(24)12-21)14(10-18(25)23(15)22(3)4)13-8-7-9-17(26-5)20(13)27-6/h7-9,14H,10-12H2,1-6H3/t14-/m0/s1. The number of carbonyl (C=O) groups excluding carboxylic acids is 2. The van der Waals surface area contributed by atoms with E-state index < -0.39 is 0 Å². The van der Waals surface area contributed by atoms with E-state index in [9.17, 15) is 9.59 Å². The second kappa shape index (κ2) is 7.00. The van der Waals surface area contributed by atoms with E-state index in [1.807, 2.05) is 32.3 Å². The molecule has 146 valence electrons. The number of nitrogens with zero attached hydrogens (tertiary/aromatic N) is 2. The number of hydrazine groups is 1. The molecule has 0 N–H and O–H groups in total. The first-order chi connectivity index (χ1) is 12.7. The predicted molar refractivity (Wildman–Crippen MR) is 102 cm³/mol. The van der Waals surface area contributed by atoms with Gasteiger partial charge in [-0.25, -0.2) is 10.0 Å². The molecule has 0 aromatic heterocycles. The minimum Gasteiger partial charge on any atom is -0.493 e. The molecule has 0 unspecified atom stereocenters. The summed E-state index contributed by atoms with van der Waals surface area (Å²) in [4.78, 5) is 26.2. The van der Waals surface area contributed by atoms with E-state index in [0.717, 1.165) is 16.8 Å². The molecule has 1 aliphatic heterocycles. The summed E-state index contributed by atoms with van der Waals surface area (Å²) in [5.41, 5.74) is 2.19. The summed E-state index contributed by atoms with van der Waals surface area (Å²) in [6.45, 7) is 4.14. The molecule has 0 saturated heterocycles. The van der Waals surface area contributed by atoms with Gasteiger partial charge in [0.1, 0.15) is 0 Å². The van der Waals surface area contributed by atoms with Crippen molar-refractivity contribution in [2.75, 3.05) is 28.3 Å². The van der Waals surface area contributed by atoms with Crippen molar-refractivity contribution in [3.05, 3.63) is 35.0 Å². The van der Waals surface area contributed by atoms with Crippen molar-refractivity contribution in [3.63, 3.8) is 0 Å². The van der Waals surface area contributed by atoms with Gasteiger partial charge in [0.25, 0.3) is 0 Å². The molecule has 3 rings (SSSR count). The lowest BCUT2D eigenvalue weighted by molar-refractivity contribution is -0.143. The van der Waals surface area contributed by atoms with Crippen LogP contribution in [0.4, 0.5) is 0 Å². The molecule has 1 aliphatic carbocycles. The van der Waals surface area contributed by atoms with Crippen LogP contribution in [-0.2, 0) is 9.59 Å². The van der Waals surface area contributed by atoms with Gasteiger partial charge in [0.05, 0.1) is 14.2 Å². The fourth-order valence-corrected chi connectivity index (χ4v) is 4.32. The molecule has 0 radical (unpaired) electrons. The molecule has 6 nitrogen and oxygen atoms in total. The van der Waals surface area contributed by atoms with Gasteiger partial charge >= 0.3 is 0 Å². The van der Waals surface area contributed by atoms with Crippen LogP contribution in [0.2, 0.25) is 0 Å². The highest BCUT2D eigenvalue weighted by Crippen LogP contribution is 2.49. The Morgan fingerprint density at radius 2 is 1.81 bits per heavy atom. The molecule has 0 spiro atoms. The van der Waals surface area contributed by atoms with Gasteiger partial charge in [-0.3, -0.25) is 9.59 Å². The number of benzene rings is 1. The average Bonchev–Trinajstić information content (AvgIpc) is 2.58. The Balaban J connectivity index is 2.22. The lowest BCUT2D eigenvalue weighted by Crippen LogP contribution is -2.49. The van der Waals surface area contributed by atoms with Gasteiger partial charge in [-0.1, -0.05) is 26.0 Å². The summed E-state index contributed by atoms with van der Waals surface area (Å²) in [7, 11) is 6.84. The fraction of sp³-hybridized carbons (Fsp3) is 0.524. The van der Waals surface area contributed by atoms with E-state index in [0.29, 0.717) is 24.3 Å². The molecule has 0 saturated carbocycles. The van der Waals surface area contributed by atoms with Gasteiger partial charge < -0.3 is 9.47 Å². The molecule has 27 heavy (non-hydrogen) atoms. The molecule has 0 bridgehead atoms. The number of ketones is 1. The van der Waals surface area contributed by atoms with Crippen LogP contribution in [0.3, 0.4) is 0 Å². The number of allylic oxidation sites excluding steroid dienone is 2. The van der Waals surface area contributed by atoms with Gasteiger partial charge in [0.15, 0.2) is 17.3 Å². The van der Waals surface area contributed by atoms with Crippen molar-refractivity contribution in [2.45, 2.75) is 39.0 Å². The SMILES string of the molecule is COc1cccc([C@@H]2CC(=O)N(N(C)C)C3=C2C(=O)CC(C)(C)C3)c1OC. The van der Waals surface area contributed by atoms with E-state index in [1.54, 1.807) is 24.2 Å². The third kappa shape index (κ3) is 3.34. The summed E-state index contributed by atoms with van der Waals surface area (Å²) in [5, 5.41) is 3.43. The van der Waals surface area contributed by atoms with Crippen LogP contribution in [0, 0.1) is 5.41 Å². The molecule has 1 atom stereocenters. The number of ether oxygens (including phenoxy) is 2. The molecule has 0 fully saturated rings. The zero-order valence-corrected chi connectivity index (χ0v) is 17.0. The number of hydrogen-bond donors (Lipinski definition) is 0. The Hall–Kier alpha value is -2.34. The first kappa shape index (κ1) is 19.4. The molecule has 1 aromatic carbocycles. The van der Waals surface area contributed by atoms with Crippen molar-refractivity contribution in [3.8, 4) is 11.5 Å². The molecule has 1 heterocycles. The zero-order valence-electron chi connectivity index (χ0n) is 17.0. The van der Waals surface area contributed by atoms with Crippen LogP contribution in [0.5, 0.6) is 11.5 Å². The molecular formula is C21H28N2O4. The minimum atomic E-state index is -0.322. The monoisotopic (exact) mass is 372 g/mol. The third-order valence-electron chi connectivity index (χ3n) is 5.32. The number of amides is 1. The second-order valence-corrected chi connectivity index (χ2v) is 8.19. The first-order valence-electron chi connectivity index (χ1n) is 9.17. The number of Topliss-reactive ketones (excluding diaryl/α,β-unsaturated/α-hetero) is 1. The number of carbonyl (C=O) groups is 2. The van der Waals surface area contributed by atoms with Crippen molar-refractivity contribution < 1.29 is 19.1 Å². The van der Waals surface area contributed by atoms with Gasteiger partial charge in [-0.15, -0.1) is 0 Å². The fourth-order valence-electron chi connectivity index (χ4n) is 4.32. The topological polar surface area (TPSA) is 59.1 Å². The maximum atomic E-state index is 13.2. The summed E-state index contributed by atoms with van der Waals surface area (Å²) in [6, 6.07) is 5.61. The van der Waals surface area contributed by atoms with Gasteiger partial charge in [-0.05, 0) is 17.9 Å². The van der Waals surface area contributed by atoms with Crippen LogP contribution in [0.25, 0.3) is 0 Å². The van der Waals surface area contributed by atoms with Crippen LogP contribution in [0.1, 0.15) is 44.6 Å². The molecule has 6 heteroatoms. The number of methoxy groups -OCH3 is 2. The number of hydrogen-bond acceptors (Lipinski definition) is 5. The van der Waals surface area contributed by atoms with Crippen LogP contribution >= 0.6 is 0 Å². The van der Waals surface area contributed by atoms with E-state index in [4.69, 9.17) is 9.47 Å². The number of para-hydroxylation sites is 1. The molecule has 1 aromatic rings. The smallest absolute Gasteiger partial charge is 0.242 e. The Morgan fingerprint density at radius 1 is 1.11 bits per heavy atom. The minimum absolute atomic E-state index is 0.0147. The lowest BCUT2D eigenvalue weighted by Gasteiger charge is -2.44. The maximum absolute atomic E-state index is 13.2. The Labute approximate surface area is 160 Å².